The fraction of sp³-hybridized carbons (Fsp3) is 0.158. The molecule has 0 aliphatic carbocycles. The van der Waals surface area contributed by atoms with Crippen LogP contribution in [-0.4, -0.2) is 30.5 Å². The summed E-state index contributed by atoms with van der Waals surface area (Å²) in [6.45, 7) is 1.59. The second-order valence-corrected chi connectivity index (χ2v) is 8.00. The number of benzene rings is 2. The molecule has 0 fully saturated rings. The van der Waals surface area contributed by atoms with Crippen molar-refractivity contribution in [3.8, 4) is 5.69 Å². The molecule has 0 N–H and O–H groups in total. The van der Waals surface area contributed by atoms with Crippen molar-refractivity contribution < 1.29 is 13.2 Å². The Kier molecular flexibility index (Phi) is 3.88. The van der Waals surface area contributed by atoms with Gasteiger partial charge in [-0.1, -0.05) is 36.4 Å². The Hall–Kier alpha value is -2.93. The predicted octanol–water partition coefficient (Wildman–Crippen LogP) is 2.75. The molecule has 0 saturated carbocycles. The van der Waals surface area contributed by atoms with Crippen LogP contribution in [0.5, 0.6) is 0 Å². The van der Waals surface area contributed by atoms with E-state index in [1.165, 1.54) is 22.0 Å². The monoisotopic (exact) mass is 367 g/mol. The molecule has 0 unspecified atom stereocenters. The summed E-state index contributed by atoms with van der Waals surface area (Å²) >= 11 is 0. The predicted molar refractivity (Wildman–Crippen MR) is 98.0 cm³/mol. The van der Waals surface area contributed by atoms with Gasteiger partial charge in [0, 0.05) is 12.7 Å². The van der Waals surface area contributed by atoms with Gasteiger partial charge in [-0.05, 0) is 36.8 Å². The zero-order chi connectivity index (χ0) is 18.3. The van der Waals surface area contributed by atoms with Crippen LogP contribution in [0.4, 0.5) is 5.69 Å². The number of sulfonamides is 1. The average Bonchev–Trinajstić information content (AvgIpc) is 3.28. The zero-order valence-corrected chi connectivity index (χ0v) is 14.9. The average molecular weight is 367 g/mol. The lowest BCUT2D eigenvalue weighted by atomic mass is 9.98. The molecule has 1 atom stereocenters. The Morgan fingerprint density at radius 3 is 2.46 bits per heavy atom. The van der Waals surface area contributed by atoms with E-state index < -0.39 is 15.9 Å². The highest BCUT2D eigenvalue weighted by Gasteiger charge is 2.39. The lowest BCUT2D eigenvalue weighted by molar-refractivity contribution is -0.118. The van der Waals surface area contributed by atoms with Crippen molar-refractivity contribution in [2.24, 2.45) is 0 Å². The number of Topliss-reactive ketones (excluding diaryl/α,β-unsaturated/α-hetero) is 1. The Labute approximate surface area is 151 Å². The van der Waals surface area contributed by atoms with Crippen molar-refractivity contribution in [2.75, 3.05) is 10.8 Å². The van der Waals surface area contributed by atoms with Crippen molar-refractivity contribution in [2.45, 2.75) is 17.9 Å². The minimum absolute atomic E-state index is 0.0413. The molecule has 1 aromatic heterocycles. The van der Waals surface area contributed by atoms with Crippen molar-refractivity contribution in [3.63, 3.8) is 0 Å². The summed E-state index contributed by atoms with van der Waals surface area (Å²) < 4.78 is 29.1. The molecule has 0 bridgehead atoms. The number of aromatic nitrogens is 2. The number of nitrogens with zero attached hydrogens (tertiary/aromatic N) is 3. The van der Waals surface area contributed by atoms with Crippen molar-refractivity contribution in [1.82, 2.24) is 9.78 Å². The van der Waals surface area contributed by atoms with Gasteiger partial charge >= 0.3 is 0 Å². The van der Waals surface area contributed by atoms with Gasteiger partial charge in [0.05, 0.1) is 17.3 Å². The number of carbonyl (C=O) groups excluding carboxylic acids is 1. The van der Waals surface area contributed by atoms with E-state index in [-0.39, 0.29) is 17.4 Å². The number of carbonyl (C=O) groups is 1. The van der Waals surface area contributed by atoms with Crippen LogP contribution in [0.2, 0.25) is 0 Å². The zero-order valence-electron chi connectivity index (χ0n) is 14.1. The highest BCUT2D eigenvalue weighted by atomic mass is 32.2. The number of ketones is 1. The first-order valence-corrected chi connectivity index (χ1v) is 9.66. The molecule has 7 heteroatoms. The Morgan fingerprint density at radius 1 is 1.04 bits per heavy atom. The minimum atomic E-state index is -3.86. The van der Waals surface area contributed by atoms with Gasteiger partial charge < -0.3 is 0 Å². The number of hydrogen-bond donors (Lipinski definition) is 0. The molecule has 0 radical (unpaired) electrons. The number of anilines is 1. The molecule has 0 spiro atoms. The van der Waals surface area contributed by atoms with Crippen LogP contribution in [0.15, 0.2) is 71.9 Å². The van der Waals surface area contributed by atoms with Crippen molar-refractivity contribution in [3.05, 3.63) is 72.4 Å². The fourth-order valence-corrected chi connectivity index (χ4v) is 4.65. The molecule has 0 amide bonds. The normalized spacial score (nSPS) is 16.5. The Balaban J connectivity index is 1.74. The summed E-state index contributed by atoms with van der Waals surface area (Å²) in [6, 6.07) is 17.9. The second kappa shape index (κ2) is 6.10. The van der Waals surface area contributed by atoms with E-state index in [1.807, 2.05) is 36.4 Å². The van der Waals surface area contributed by atoms with E-state index in [4.69, 9.17) is 0 Å². The van der Waals surface area contributed by atoms with Crippen LogP contribution in [0.3, 0.4) is 0 Å². The van der Waals surface area contributed by atoms with Gasteiger partial charge in [-0.25, -0.2) is 4.68 Å². The highest BCUT2D eigenvalue weighted by molar-refractivity contribution is 7.92. The molecule has 26 heavy (non-hydrogen) atoms. The van der Waals surface area contributed by atoms with E-state index in [2.05, 4.69) is 5.10 Å². The largest absolute Gasteiger partial charge is 0.299 e. The van der Waals surface area contributed by atoms with Gasteiger partial charge in [0.25, 0.3) is 10.0 Å². The van der Waals surface area contributed by atoms with Crippen LogP contribution in [0.1, 0.15) is 18.4 Å². The van der Waals surface area contributed by atoms with Gasteiger partial charge in [0.15, 0.2) is 5.03 Å². The molecule has 6 nitrogen and oxygen atoms in total. The first-order valence-electron chi connectivity index (χ1n) is 8.22. The van der Waals surface area contributed by atoms with Crippen LogP contribution in [0.25, 0.3) is 5.69 Å². The molecule has 0 saturated heterocycles. The van der Waals surface area contributed by atoms with Crippen LogP contribution in [-0.2, 0) is 14.8 Å². The molecule has 2 aromatic carbocycles. The second-order valence-electron chi connectivity index (χ2n) is 6.19. The van der Waals surface area contributed by atoms with Gasteiger partial charge in [-0.2, -0.15) is 13.5 Å². The smallest absolute Gasteiger partial charge is 0.283 e. The number of hydrogen-bond acceptors (Lipinski definition) is 4. The quantitative estimate of drug-likeness (QED) is 0.711. The minimum Gasteiger partial charge on any atom is -0.299 e. The Bertz CT molecular complexity index is 1070. The van der Waals surface area contributed by atoms with E-state index in [1.54, 1.807) is 24.4 Å². The molecular formula is C19H17N3O3S. The van der Waals surface area contributed by atoms with E-state index in [0.29, 0.717) is 5.69 Å². The summed E-state index contributed by atoms with van der Waals surface area (Å²) in [6.07, 6.45) is 1.62. The summed E-state index contributed by atoms with van der Waals surface area (Å²) in [5.41, 5.74) is 2.06. The standard InChI is InChI=1S/C19H17N3O3S/c1-14(23)17-13-22(18-10-6-5-9-16(17)18)26(24,25)19-11-12-21(20-19)15-7-3-2-4-8-15/h2-12,17H,13H2,1H3/t17-/m0/s1. The van der Waals surface area contributed by atoms with Crippen LogP contribution < -0.4 is 4.31 Å². The maximum atomic E-state index is 13.1. The lowest BCUT2D eigenvalue weighted by Gasteiger charge is -2.18. The fourth-order valence-electron chi connectivity index (χ4n) is 3.23. The number of rotatable bonds is 4. The van der Waals surface area contributed by atoms with Gasteiger partial charge in [0.2, 0.25) is 0 Å². The van der Waals surface area contributed by atoms with E-state index >= 15 is 0 Å². The third kappa shape index (κ3) is 2.61. The highest BCUT2D eigenvalue weighted by Crippen LogP contribution is 2.39. The topological polar surface area (TPSA) is 72.3 Å². The molecule has 1 aliphatic rings. The third-order valence-corrected chi connectivity index (χ3v) is 6.23. The van der Waals surface area contributed by atoms with Crippen LogP contribution in [0, 0.1) is 0 Å². The van der Waals surface area contributed by atoms with E-state index in [0.717, 1.165) is 11.3 Å². The molecule has 2 heterocycles. The molecule has 1 aliphatic heterocycles. The van der Waals surface area contributed by atoms with Gasteiger partial charge in [0.1, 0.15) is 5.78 Å². The molecule has 3 aromatic rings. The summed E-state index contributed by atoms with van der Waals surface area (Å²) in [5, 5.41) is 4.20. The summed E-state index contributed by atoms with van der Waals surface area (Å²) in [5.74, 6) is -0.498. The molecule has 132 valence electrons. The summed E-state index contributed by atoms with van der Waals surface area (Å²) in [4.78, 5) is 12.0. The number of para-hydroxylation sites is 2. The maximum absolute atomic E-state index is 13.1. The van der Waals surface area contributed by atoms with E-state index in [9.17, 15) is 13.2 Å². The summed E-state index contributed by atoms with van der Waals surface area (Å²) in [7, 11) is -3.86. The van der Waals surface area contributed by atoms with Gasteiger partial charge in [-0.3, -0.25) is 9.10 Å². The Morgan fingerprint density at radius 2 is 1.73 bits per heavy atom. The van der Waals surface area contributed by atoms with Crippen LogP contribution >= 0.6 is 0 Å². The lowest BCUT2D eigenvalue weighted by Crippen LogP contribution is -2.31. The molecule has 4 rings (SSSR count). The third-order valence-electron chi connectivity index (χ3n) is 4.56. The molecular weight excluding hydrogens is 350 g/mol. The SMILES string of the molecule is CC(=O)[C@@H]1CN(S(=O)(=O)c2ccn(-c3ccccc3)n2)c2ccccc21. The van der Waals surface area contributed by atoms with Crippen molar-refractivity contribution >= 4 is 21.5 Å². The van der Waals surface area contributed by atoms with Gasteiger partial charge in [-0.15, -0.1) is 0 Å². The number of fused-ring (bicyclic) bond motifs is 1. The maximum Gasteiger partial charge on any atom is 0.283 e. The van der Waals surface area contributed by atoms with Crippen molar-refractivity contribution in [1.29, 1.82) is 0 Å². The first kappa shape index (κ1) is 16.5. The first-order chi connectivity index (χ1) is 12.5.